The van der Waals surface area contributed by atoms with Gasteiger partial charge in [-0.1, -0.05) is 18.2 Å². The van der Waals surface area contributed by atoms with Gasteiger partial charge >= 0.3 is 5.97 Å². The van der Waals surface area contributed by atoms with E-state index in [0.717, 1.165) is 6.42 Å². The minimum Gasteiger partial charge on any atom is -0.388 e. The minimum atomic E-state index is -0.822. The number of hydroxylamine groups is 2. The molecule has 2 aliphatic rings. The van der Waals surface area contributed by atoms with Crippen molar-refractivity contribution in [1.29, 1.82) is 0 Å². The second kappa shape index (κ2) is 5.34. The van der Waals surface area contributed by atoms with Crippen LogP contribution in [0.3, 0.4) is 0 Å². The van der Waals surface area contributed by atoms with Crippen molar-refractivity contribution in [3.63, 3.8) is 0 Å². The second-order valence-corrected chi connectivity index (χ2v) is 5.41. The highest BCUT2D eigenvalue weighted by Gasteiger charge is 2.43. The van der Waals surface area contributed by atoms with Crippen molar-refractivity contribution < 1.29 is 14.7 Å². The molecule has 2 aliphatic heterocycles. The number of rotatable bonds is 2. The van der Waals surface area contributed by atoms with E-state index >= 15 is 0 Å². The Kier molecular flexibility index (Phi) is 3.54. The summed E-state index contributed by atoms with van der Waals surface area (Å²) in [6.07, 6.45) is 3.22. The normalized spacial score (nSPS) is 29.8. The van der Waals surface area contributed by atoms with Crippen LogP contribution >= 0.6 is 0 Å². The van der Waals surface area contributed by atoms with E-state index in [1.165, 1.54) is 0 Å². The molecule has 5 heteroatoms. The predicted molar refractivity (Wildman–Crippen MR) is 74.5 cm³/mol. The highest BCUT2D eigenvalue weighted by atomic mass is 16.7. The van der Waals surface area contributed by atoms with Gasteiger partial charge in [0.05, 0.1) is 17.7 Å². The number of β-amino-alcohol motifs (C(OH)–C–C–N with tert-alkyl or cyclic N) is 1. The molecule has 5 nitrogen and oxygen atoms in total. The first-order valence-corrected chi connectivity index (χ1v) is 6.92. The molecule has 3 rings (SSSR count). The van der Waals surface area contributed by atoms with Gasteiger partial charge in [0, 0.05) is 25.2 Å². The van der Waals surface area contributed by atoms with E-state index in [2.05, 4.69) is 4.99 Å². The Morgan fingerprint density at radius 2 is 2.20 bits per heavy atom. The molecule has 0 aliphatic carbocycles. The summed E-state index contributed by atoms with van der Waals surface area (Å²) in [7, 11) is 0. The van der Waals surface area contributed by atoms with Crippen molar-refractivity contribution in [1.82, 2.24) is 5.06 Å². The molecular formula is C15H18N2O3. The quantitative estimate of drug-likeness (QED) is 0.882. The second-order valence-electron chi connectivity index (χ2n) is 5.41. The van der Waals surface area contributed by atoms with E-state index in [-0.39, 0.29) is 11.9 Å². The molecule has 0 spiro atoms. The Balaban J connectivity index is 1.65. The van der Waals surface area contributed by atoms with Gasteiger partial charge in [-0.05, 0) is 25.0 Å². The molecule has 0 amide bonds. The number of hydrogen-bond donors (Lipinski definition) is 1. The van der Waals surface area contributed by atoms with Crippen LogP contribution in [-0.2, 0) is 4.84 Å². The lowest BCUT2D eigenvalue weighted by atomic mass is 9.79. The molecule has 106 valence electrons. The van der Waals surface area contributed by atoms with Crippen LogP contribution in [0.15, 0.2) is 35.3 Å². The summed E-state index contributed by atoms with van der Waals surface area (Å²) < 4.78 is 0. The first-order chi connectivity index (χ1) is 9.67. The summed E-state index contributed by atoms with van der Waals surface area (Å²) in [6.45, 7) is 1.60. The van der Waals surface area contributed by atoms with Gasteiger partial charge in [0.15, 0.2) is 0 Å². The topological polar surface area (TPSA) is 62.1 Å². The average molecular weight is 274 g/mol. The first-order valence-electron chi connectivity index (χ1n) is 6.92. The molecule has 0 radical (unpaired) electrons. The lowest BCUT2D eigenvalue weighted by Crippen LogP contribution is -2.56. The lowest BCUT2D eigenvalue weighted by Gasteiger charge is -2.43. The zero-order chi connectivity index (χ0) is 14.0. The number of benzene rings is 1. The van der Waals surface area contributed by atoms with Crippen LogP contribution in [0.5, 0.6) is 0 Å². The fourth-order valence-corrected chi connectivity index (χ4v) is 2.81. The Morgan fingerprint density at radius 3 is 3.00 bits per heavy atom. The van der Waals surface area contributed by atoms with Gasteiger partial charge in [0.25, 0.3) is 0 Å². The fraction of sp³-hybridized carbons (Fsp3) is 0.467. The third kappa shape index (κ3) is 2.59. The Hall–Kier alpha value is -1.72. The monoisotopic (exact) mass is 274 g/mol. The van der Waals surface area contributed by atoms with E-state index in [9.17, 15) is 9.90 Å². The SMILES string of the molecule is O=C(ON1CCC2C=NCCC2(O)C1)c1ccccc1. The third-order valence-corrected chi connectivity index (χ3v) is 4.01. The maximum Gasteiger partial charge on any atom is 0.357 e. The van der Waals surface area contributed by atoms with Crippen molar-refractivity contribution in [3.8, 4) is 0 Å². The smallest absolute Gasteiger partial charge is 0.357 e. The molecular weight excluding hydrogens is 256 g/mol. The minimum absolute atomic E-state index is 0.0722. The predicted octanol–water partition coefficient (Wildman–Crippen LogP) is 1.29. The van der Waals surface area contributed by atoms with Crippen molar-refractivity contribution in [2.45, 2.75) is 18.4 Å². The van der Waals surface area contributed by atoms with Gasteiger partial charge in [0.2, 0.25) is 0 Å². The van der Waals surface area contributed by atoms with Crippen LogP contribution in [0.1, 0.15) is 23.2 Å². The number of piperidine rings is 1. The molecule has 2 atom stereocenters. The maximum absolute atomic E-state index is 12.0. The largest absolute Gasteiger partial charge is 0.388 e. The molecule has 1 aromatic carbocycles. The number of carbonyl (C=O) groups is 1. The Bertz CT molecular complexity index is 517. The van der Waals surface area contributed by atoms with E-state index in [1.807, 2.05) is 12.3 Å². The van der Waals surface area contributed by atoms with Gasteiger partial charge in [-0.15, -0.1) is 5.06 Å². The van der Waals surface area contributed by atoms with Crippen LogP contribution in [-0.4, -0.2) is 47.6 Å². The molecule has 1 saturated heterocycles. The molecule has 0 saturated carbocycles. The summed E-state index contributed by atoms with van der Waals surface area (Å²) in [5.41, 5.74) is -0.302. The summed E-state index contributed by atoms with van der Waals surface area (Å²) in [5.74, 6) is -0.306. The first kappa shape index (κ1) is 13.3. The number of nitrogens with zero attached hydrogens (tertiary/aromatic N) is 2. The van der Waals surface area contributed by atoms with Crippen LogP contribution in [0.4, 0.5) is 0 Å². The fourth-order valence-electron chi connectivity index (χ4n) is 2.81. The van der Waals surface area contributed by atoms with E-state index in [0.29, 0.717) is 31.6 Å². The van der Waals surface area contributed by atoms with Gasteiger partial charge < -0.3 is 9.94 Å². The Morgan fingerprint density at radius 1 is 1.40 bits per heavy atom. The lowest BCUT2D eigenvalue weighted by molar-refractivity contribution is -0.181. The average Bonchev–Trinajstić information content (AvgIpc) is 2.47. The van der Waals surface area contributed by atoms with E-state index < -0.39 is 5.60 Å². The van der Waals surface area contributed by atoms with Gasteiger partial charge in [-0.25, -0.2) is 4.79 Å². The molecule has 2 unspecified atom stereocenters. The van der Waals surface area contributed by atoms with E-state index in [4.69, 9.17) is 4.84 Å². The standard InChI is InChI=1S/C15H18N2O3/c18-14(12-4-2-1-3-5-12)20-17-9-6-13-10-16-8-7-15(13,19)11-17/h1-5,10,13,19H,6-9,11H2. The van der Waals surface area contributed by atoms with Crippen molar-refractivity contribution in [2.75, 3.05) is 19.6 Å². The molecule has 1 aromatic rings. The molecule has 0 aromatic heterocycles. The molecule has 20 heavy (non-hydrogen) atoms. The number of carbonyl (C=O) groups excluding carboxylic acids is 1. The van der Waals surface area contributed by atoms with Crippen LogP contribution in [0.25, 0.3) is 0 Å². The van der Waals surface area contributed by atoms with Gasteiger partial charge in [-0.3, -0.25) is 4.99 Å². The number of aliphatic imine (C=N–C) groups is 1. The number of aliphatic hydroxyl groups is 1. The van der Waals surface area contributed by atoms with Crippen molar-refractivity contribution in [2.24, 2.45) is 10.9 Å². The van der Waals surface area contributed by atoms with E-state index in [1.54, 1.807) is 29.3 Å². The molecule has 1 fully saturated rings. The van der Waals surface area contributed by atoms with Crippen LogP contribution in [0.2, 0.25) is 0 Å². The highest BCUT2D eigenvalue weighted by molar-refractivity contribution is 5.89. The number of hydrogen-bond acceptors (Lipinski definition) is 5. The van der Waals surface area contributed by atoms with Crippen molar-refractivity contribution in [3.05, 3.63) is 35.9 Å². The van der Waals surface area contributed by atoms with Gasteiger partial charge in [0.1, 0.15) is 0 Å². The molecule has 1 N–H and O–H groups in total. The summed E-state index contributed by atoms with van der Waals surface area (Å²) >= 11 is 0. The molecule has 2 heterocycles. The highest BCUT2D eigenvalue weighted by Crippen LogP contribution is 2.32. The zero-order valence-electron chi connectivity index (χ0n) is 11.2. The molecule has 0 bridgehead atoms. The third-order valence-electron chi connectivity index (χ3n) is 4.01. The summed E-state index contributed by atoms with van der Waals surface area (Å²) in [6, 6.07) is 8.89. The van der Waals surface area contributed by atoms with Crippen LogP contribution < -0.4 is 0 Å². The summed E-state index contributed by atoms with van der Waals surface area (Å²) in [5, 5.41) is 12.2. The van der Waals surface area contributed by atoms with Crippen LogP contribution in [0, 0.1) is 5.92 Å². The van der Waals surface area contributed by atoms with Gasteiger partial charge in [-0.2, -0.15) is 0 Å². The zero-order valence-corrected chi connectivity index (χ0v) is 11.2. The summed E-state index contributed by atoms with van der Waals surface area (Å²) in [4.78, 5) is 21.6. The maximum atomic E-state index is 12.0. The number of fused-ring (bicyclic) bond motifs is 1. The Labute approximate surface area is 117 Å². The van der Waals surface area contributed by atoms with Crippen molar-refractivity contribution >= 4 is 12.2 Å².